The number of fused-ring (bicyclic) bond motifs is 3. The molecule has 0 aliphatic heterocycles. The van der Waals surface area contributed by atoms with E-state index < -0.39 is 0 Å². The van der Waals surface area contributed by atoms with Crippen LogP contribution in [0.3, 0.4) is 0 Å². The van der Waals surface area contributed by atoms with E-state index in [0.29, 0.717) is 5.82 Å². The quantitative estimate of drug-likeness (QED) is 0.154. The molecule has 3 heterocycles. The van der Waals surface area contributed by atoms with Gasteiger partial charge in [0.25, 0.3) is 0 Å². The molecule has 0 N–H and O–H groups in total. The van der Waals surface area contributed by atoms with Crippen LogP contribution in [0.25, 0.3) is 112 Å². The first-order valence-electron chi connectivity index (χ1n) is 20.5. The van der Waals surface area contributed by atoms with Crippen LogP contribution in [0.2, 0.25) is 0 Å². The lowest BCUT2D eigenvalue weighted by molar-refractivity contribution is 0.632. The number of hydrogen-bond donors (Lipinski definition) is 0. The molecule has 0 fully saturated rings. The predicted molar refractivity (Wildman–Crippen MR) is 251 cm³/mol. The highest BCUT2D eigenvalue weighted by atomic mass is 16.3. The van der Waals surface area contributed by atoms with Crippen LogP contribution < -0.4 is 0 Å². The molecular formula is C57H37N3O. The van der Waals surface area contributed by atoms with Gasteiger partial charge in [0.2, 0.25) is 0 Å². The molecule has 0 atom stereocenters. The van der Waals surface area contributed by atoms with Crippen LogP contribution in [0.15, 0.2) is 229 Å². The first-order chi connectivity index (χ1) is 30.2. The van der Waals surface area contributed by atoms with E-state index in [0.717, 1.165) is 100 Å². The number of benzene rings is 8. The van der Waals surface area contributed by atoms with Crippen LogP contribution in [-0.2, 0) is 0 Å². The van der Waals surface area contributed by atoms with Crippen molar-refractivity contribution < 1.29 is 4.42 Å². The fourth-order valence-corrected chi connectivity index (χ4v) is 8.28. The monoisotopic (exact) mass is 779 g/mol. The summed E-state index contributed by atoms with van der Waals surface area (Å²) in [5, 5.41) is 2.11. The Kier molecular flexibility index (Phi) is 9.14. The second kappa shape index (κ2) is 15.5. The summed E-state index contributed by atoms with van der Waals surface area (Å²) in [6.45, 7) is 0. The Balaban J connectivity index is 1.01. The molecular weight excluding hydrogens is 743 g/mol. The Morgan fingerprint density at radius 2 is 0.770 bits per heavy atom. The lowest BCUT2D eigenvalue weighted by Crippen LogP contribution is -1.95. The number of pyridine rings is 1. The predicted octanol–water partition coefficient (Wildman–Crippen LogP) is 15.1. The van der Waals surface area contributed by atoms with Crippen molar-refractivity contribution in [3.05, 3.63) is 224 Å². The molecule has 0 radical (unpaired) electrons. The van der Waals surface area contributed by atoms with Crippen molar-refractivity contribution in [3.63, 3.8) is 0 Å². The maximum atomic E-state index is 7.10. The summed E-state index contributed by atoms with van der Waals surface area (Å²) in [5.41, 5.74) is 16.0. The van der Waals surface area contributed by atoms with Crippen molar-refractivity contribution >= 4 is 21.9 Å². The Bertz CT molecular complexity index is 3250. The van der Waals surface area contributed by atoms with Gasteiger partial charge in [0.15, 0.2) is 11.4 Å². The Hall–Kier alpha value is -8.21. The molecule has 8 aromatic carbocycles. The second-order valence-electron chi connectivity index (χ2n) is 15.1. The third-order valence-corrected chi connectivity index (χ3v) is 11.3. The highest BCUT2D eigenvalue weighted by Gasteiger charge is 2.24. The third-order valence-electron chi connectivity index (χ3n) is 11.3. The minimum absolute atomic E-state index is 0.702. The first-order valence-corrected chi connectivity index (χ1v) is 20.5. The van der Waals surface area contributed by atoms with Crippen molar-refractivity contribution in [2.24, 2.45) is 0 Å². The van der Waals surface area contributed by atoms with Gasteiger partial charge in [-0.05, 0) is 46.0 Å². The molecule has 3 aromatic heterocycles. The number of hydrogen-bond acceptors (Lipinski definition) is 4. The third kappa shape index (κ3) is 6.86. The van der Waals surface area contributed by atoms with Gasteiger partial charge in [0.1, 0.15) is 11.5 Å². The molecule has 286 valence electrons. The normalized spacial score (nSPS) is 11.3. The maximum Gasteiger partial charge on any atom is 0.162 e. The summed E-state index contributed by atoms with van der Waals surface area (Å²) in [4.78, 5) is 15.2. The molecule has 61 heavy (non-hydrogen) atoms. The van der Waals surface area contributed by atoms with Crippen molar-refractivity contribution in [2.75, 3.05) is 0 Å². The van der Waals surface area contributed by atoms with E-state index in [2.05, 4.69) is 182 Å². The van der Waals surface area contributed by atoms with Crippen molar-refractivity contribution in [2.45, 2.75) is 0 Å². The molecule has 0 saturated carbocycles. The average molecular weight is 780 g/mol. The minimum Gasteiger partial charge on any atom is -0.453 e. The number of aromatic nitrogens is 3. The number of para-hydroxylation sites is 1. The molecule has 11 rings (SSSR count). The van der Waals surface area contributed by atoms with Gasteiger partial charge in [-0.3, -0.25) is 0 Å². The van der Waals surface area contributed by atoms with Crippen LogP contribution in [0, 0.1) is 0 Å². The molecule has 0 saturated heterocycles. The lowest BCUT2D eigenvalue weighted by atomic mass is 9.93. The van der Waals surface area contributed by atoms with Gasteiger partial charge < -0.3 is 4.42 Å². The largest absolute Gasteiger partial charge is 0.453 e. The van der Waals surface area contributed by atoms with Crippen LogP contribution in [0.1, 0.15) is 0 Å². The van der Waals surface area contributed by atoms with Gasteiger partial charge in [0.05, 0.1) is 16.9 Å². The Labute approximate surface area is 354 Å². The average Bonchev–Trinajstić information content (AvgIpc) is 3.76. The van der Waals surface area contributed by atoms with Crippen molar-refractivity contribution in [3.8, 4) is 89.9 Å². The minimum atomic E-state index is 0.702. The standard InChI is InChI=1S/C57H37N3O/c1-5-16-38(17-6-1)46-24-15-25-47(36-46)52-53-48-26-13-14-27-49(48)58-54(43-20-9-3-10-21-43)56(53)61-55(52)44-34-30-40(31-35-44)39-28-32-42(33-29-39)51-37-50(41-18-7-2-8-19-41)59-57(60-51)45-22-11-4-12-23-45/h1-37H. The van der Waals surface area contributed by atoms with Crippen LogP contribution >= 0.6 is 0 Å². The zero-order chi connectivity index (χ0) is 40.5. The SMILES string of the molecule is c1ccc(-c2cccc(-c3c(-c4ccc(-c5ccc(-c6cc(-c7ccccc7)nc(-c7ccccc7)n6)cc5)cc4)oc4c(-c5ccccc5)nc5ccccc5c34)c2)cc1. The topological polar surface area (TPSA) is 51.8 Å². The molecule has 0 bridgehead atoms. The van der Waals surface area contributed by atoms with Crippen molar-refractivity contribution in [1.82, 2.24) is 15.0 Å². The maximum absolute atomic E-state index is 7.10. The number of rotatable bonds is 8. The summed E-state index contributed by atoms with van der Waals surface area (Å²) in [6.07, 6.45) is 0. The van der Waals surface area contributed by atoms with Gasteiger partial charge in [-0.25, -0.2) is 15.0 Å². The van der Waals surface area contributed by atoms with E-state index in [1.54, 1.807) is 0 Å². The second-order valence-corrected chi connectivity index (χ2v) is 15.1. The Morgan fingerprint density at radius 3 is 1.41 bits per heavy atom. The van der Waals surface area contributed by atoms with E-state index in [4.69, 9.17) is 19.4 Å². The fraction of sp³-hybridized carbons (Fsp3) is 0. The molecule has 4 nitrogen and oxygen atoms in total. The van der Waals surface area contributed by atoms with Crippen LogP contribution in [0.4, 0.5) is 0 Å². The Morgan fingerprint density at radius 1 is 0.311 bits per heavy atom. The highest BCUT2D eigenvalue weighted by Crippen LogP contribution is 2.47. The van der Waals surface area contributed by atoms with E-state index in [-0.39, 0.29) is 0 Å². The molecule has 0 aliphatic carbocycles. The van der Waals surface area contributed by atoms with Gasteiger partial charge in [-0.1, -0.05) is 206 Å². The zero-order valence-electron chi connectivity index (χ0n) is 33.1. The molecule has 11 aromatic rings. The summed E-state index contributed by atoms with van der Waals surface area (Å²) in [5.74, 6) is 1.51. The molecule has 0 spiro atoms. The zero-order valence-corrected chi connectivity index (χ0v) is 33.1. The van der Waals surface area contributed by atoms with E-state index in [1.165, 1.54) is 5.56 Å². The molecule has 4 heteroatoms. The van der Waals surface area contributed by atoms with Crippen molar-refractivity contribution in [1.29, 1.82) is 0 Å². The molecule has 0 amide bonds. The van der Waals surface area contributed by atoms with Crippen LogP contribution in [-0.4, -0.2) is 15.0 Å². The summed E-state index contributed by atoms with van der Waals surface area (Å²) in [6, 6.07) is 77.9. The van der Waals surface area contributed by atoms with Gasteiger partial charge in [0, 0.05) is 44.2 Å². The van der Waals surface area contributed by atoms with E-state index >= 15 is 0 Å². The highest BCUT2D eigenvalue weighted by molar-refractivity contribution is 6.18. The summed E-state index contributed by atoms with van der Waals surface area (Å²) in [7, 11) is 0. The van der Waals surface area contributed by atoms with Gasteiger partial charge in [-0.15, -0.1) is 0 Å². The number of nitrogens with zero attached hydrogens (tertiary/aromatic N) is 3. The molecule has 0 aliphatic rings. The summed E-state index contributed by atoms with van der Waals surface area (Å²) >= 11 is 0. The van der Waals surface area contributed by atoms with Gasteiger partial charge in [-0.2, -0.15) is 0 Å². The van der Waals surface area contributed by atoms with Gasteiger partial charge >= 0.3 is 0 Å². The smallest absolute Gasteiger partial charge is 0.162 e. The molecule has 0 unspecified atom stereocenters. The summed E-state index contributed by atoms with van der Waals surface area (Å²) < 4.78 is 7.10. The van der Waals surface area contributed by atoms with E-state index in [1.807, 2.05) is 42.5 Å². The lowest BCUT2D eigenvalue weighted by Gasteiger charge is -2.11. The van der Waals surface area contributed by atoms with Crippen LogP contribution in [0.5, 0.6) is 0 Å². The first kappa shape index (κ1) is 35.9. The van der Waals surface area contributed by atoms with E-state index in [9.17, 15) is 0 Å². The fourth-order valence-electron chi connectivity index (χ4n) is 8.28. The number of furan rings is 1.